The first-order valence-corrected chi connectivity index (χ1v) is 9.39. The van der Waals surface area contributed by atoms with E-state index < -0.39 is 0 Å². The van der Waals surface area contributed by atoms with E-state index in [9.17, 15) is 4.79 Å². The monoisotopic (exact) mass is 363 g/mol. The van der Waals surface area contributed by atoms with Crippen LogP contribution >= 0.6 is 0 Å². The molecule has 0 saturated carbocycles. The number of carbonyl (C=O) groups is 1. The van der Waals surface area contributed by atoms with Crippen LogP contribution < -0.4 is 4.74 Å². The number of hydrogen-bond donors (Lipinski definition) is 0. The Morgan fingerprint density at radius 1 is 1.15 bits per heavy atom. The molecule has 2 aromatic heterocycles. The van der Waals surface area contributed by atoms with Gasteiger partial charge in [0.05, 0.1) is 29.6 Å². The van der Waals surface area contributed by atoms with Crippen molar-refractivity contribution < 1.29 is 9.53 Å². The highest BCUT2D eigenvalue weighted by molar-refractivity contribution is 5.99. The maximum Gasteiger partial charge on any atom is 0.166 e. The standard InChI is InChI=1S/C22H25N3O2/c1-13(2)20-19(14-6-8-15(27-5)9-7-14)21-23-12-16-17(25(21)24-20)10-22(3,4)11-18(16)26/h6-9,12-13H,10-11H2,1-5H3. The molecular formula is C22H25N3O2. The third kappa shape index (κ3) is 2.91. The lowest BCUT2D eigenvalue weighted by molar-refractivity contribution is 0.0908. The van der Waals surface area contributed by atoms with Crippen LogP contribution in [0, 0.1) is 5.41 Å². The van der Waals surface area contributed by atoms with Gasteiger partial charge in [-0.3, -0.25) is 4.79 Å². The van der Waals surface area contributed by atoms with Crippen molar-refractivity contribution in [2.24, 2.45) is 5.41 Å². The maximum absolute atomic E-state index is 12.6. The van der Waals surface area contributed by atoms with Gasteiger partial charge in [-0.2, -0.15) is 5.10 Å². The van der Waals surface area contributed by atoms with Crippen LogP contribution in [0.3, 0.4) is 0 Å². The van der Waals surface area contributed by atoms with E-state index >= 15 is 0 Å². The average Bonchev–Trinajstić information content (AvgIpc) is 3.01. The van der Waals surface area contributed by atoms with E-state index in [1.165, 1.54) is 0 Å². The molecule has 1 aromatic carbocycles. The van der Waals surface area contributed by atoms with Crippen LogP contribution in [-0.2, 0) is 6.42 Å². The second-order valence-corrected chi connectivity index (χ2v) is 8.44. The van der Waals surface area contributed by atoms with Crippen LogP contribution in [0.4, 0.5) is 0 Å². The largest absolute Gasteiger partial charge is 0.497 e. The molecule has 0 amide bonds. The summed E-state index contributed by atoms with van der Waals surface area (Å²) in [4.78, 5) is 17.3. The molecular weight excluding hydrogens is 338 g/mol. The molecule has 0 aliphatic heterocycles. The number of aromatic nitrogens is 3. The van der Waals surface area contributed by atoms with Crippen molar-refractivity contribution in [3.63, 3.8) is 0 Å². The maximum atomic E-state index is 12.6. The fraction of sp³-hybridized carbons (Fsp3) is 0.409. The second kappa shape index (κ2) is 6.19. The highest BCUT2D eigenvalue weighted by Crippen LogP contribution is 2.38. The van der Waals surface area contributed by atoms with Crippen molar-refractivity contribution in [2.75, 3.05) is 7.11 Å². The number of ether oxygens (including phenoxy) is 1. The highest BCUT2D eigenvalue weighted by atomic mass is 16.5. The molecule has 0 radical (unpaired) electrons. The molecule has 0 atom stereocenters. The van der Waals surface area contributed by atoms with Gasteiger partial charge in [0.15, 0.2) is 11.4 Å². The minimum absolute atomic E-state index is 0.0669. The number of rotatable bonds is 3. The SMILES string of the molecule is COc1ccc(-c2c(C(C)C)nn3c4c(cnc23)C(=O)CC(C)(C)C4)cc1. The van der Waals surface area contributed by atoms with Gasteiger partial charge < -0.3 is 4.74 Å². The van der Waals surface area contributed by atoms with Crippen molar-refractivity contribution in [2.45, 2.75) is 46.5 Å². The molecule has 0 fully saturated rings. The zero-order valence-electron chi connectivity index (χ0n) is 16.5. The molecule has 1 aliphatic rings. The Labute approximate surface area is 159 Å². The third-order valence-corrected chi connectivity index (χ3v) is 5.28. The number of benzene rings is 1. The Morgan fingerprint density at radius 2 is 1.85 bits per heavy atom. The minimum atomic E-state index is -0.0669. The van der Waals surface area contributed by atoms with Gasteiger partial charge in [0.25, 0.3) is 0 Å². The number of carbonyl (C=O) groups excluding carboxylic acids is 1. The molecule has 0 unspecified atom stereocenters. The van der Waals surface area contributed by atoms with Gasteiger partial charge in [0.1, 0.15) is 5.75 Å². The summed E-state index contributed by atoms with van der Waals surface area (Å²) in [5.74, 6) is 1.22. The Hall–Kier alpha value is -2.69. The molecule has 0 N–H and O–H groups in total. The molecule has 0 saturated heterocycles. The van der Waals surface area contributed by atoms with Crippen molar-refractivity contribution >= 4 is 11.4 Å². The fourth-order valence-electron chi connectivity index (χ4n) is 3.93. The van der Waals surface area contributed by atoms with Crippen LogP contribution in [0.5, 0.6) is 5.75 Å². The van der Waals surface area contributed by atoms with Crippen LogP contribution in [-0.4, -0.2) is 27.5 Å². The molecule has 5 heteroatoms. The average molecular weight is 363 g/mol. The van der Waals surface area contributed by atoms with Crippen LogP contribution in [0.15, 0.2) is 30.5 Å². The summed E-state index contributed by atoms with van der Waals surface area (Å²) < 4.78 is 7.19. The number of Topliss-reactive ketones (excluding diaryl/α,β-unsaturated/α-hetero) is 1. The summed E-state index contributed by atoms with van der Waals surface area (Å²) in [6.07, 6.45) is 3.10. The van der Waals surface area contributed by atoms with Crippen molar-refractivity contribution in [3.05, 3.63) is 47.4 Å². The summed E-state index contributed by atoms with van der Waals surface area (Å²) in [6, 6.07) is 7.98. The summed E-state index contributed by atoms with van der Waals surface area (Å²) in [5, 5.41) is 4.92. The van der Waals surface area contributed by atoms with Gasteiger partial charge in [-0.05, 0) is 35.4 Å². The van der Waals surface area contributed by atoms with E-state index in [1.807, 2.05) is 28.8 Å². The highest BCUT2D eigenvalue weighted by Gasteiger charge is 2.34. The van der Waals surface area contributed by atoms with Crippen molar-refractivity contribution in [1.29, 1.82) is 0 Å². The molecule has 2 heterocycles. The zero-order chi connectivity index (χ0) is 19.3. The molecule has 140 valence electrons. The number of hydrogen-bond acceptors (Lipinski definition) is 4. The number of ketones is 1. The molecule has 0 spiro atoms. The Morgan fingerprint density at radius 3 is 2.48 bits per heavy atom. The van der Waals surface area contributed by atoms with Gasteiger partial charge >= 0.3 is 0 Å². The molecule has 0 bridgehead atoms. The predicted molar refractivity (Wildman–Crippen MR) is 105 cm³/mol. The van der Waals surface area contributed by atoms with Crippen LogP contribution in [0.25, 0.3) is 16.8 Å². The Bertz CT molecular complexity index is 1030. The topological polar surface area (TPSA) is 56.5 Å². The molecule has 4 rings (SSSR count). The number of methoxy groups -OCH3 is 1. The van der Waals surface area contributed by atoms with Crippen LogP contribution in [0.2, 0.25) is 0 Å². The van der Waals surface area contributed by atoms with E-state index in [0.717, 1.165) is 40.3 Å². The van der Waals surface area contributed by atoms with E-state index in [4.69, 9.17) is 9.84 Å². The van der Waals surface area contributed by atoms with E-state index in [1.54, 1.807) is 13.3 Å². The van der Waals surface area contributed by atoms with Crippen molar-refractivity contribution in [3.8, 4) is 16.9 Å². The molecule has 1 aliphatic carbocycles. The minimum Gasteiger partial charge on any atom is -0.497 e. The smallest absolute Gasteiger partial charge is 0.166 e. The molecule has 27 heavy (non-hydrogen) atoms. The Kier molecular flexibility index (Phi) is 4.06. The van der Waals surface area contributed by atoms with Gasteiger partial charge in [-0.15, -0.1) is 0 Å². The van der Waals surface area contributed by atoms with Gasteiger partial charge in [-0.1, -0.05) is 39.8 Å². The Balaban J connectivity index is 1.99. The first-order chi connectivity index (χ1) is 12.8. The number of nitrogens with zero attached hydrogens (tertiary/aromatic N) is 3. The zero-order valence-corrected chi connectivity index (χ0v) is 16.5. The first-order valence-electron chi connectivity index (χ1n) is 9.39. The quantitative estimate of drug-likeness (QED) is 0.678. The van der Waals surface area contributed by atoms with E-state index in [0.29, 0.717) is 12.0 Å². The lowest BCUT2D eigenvalue weighted by atomic mass is 9.76. The summed E-state index contributed by atoms with van der Waals surface area (Å²) >= 11 is 0. The summed E-state index contributed by atoms with van der Waals surface area (Å²) in [7, 11) is 1.66. The molecule has 5 nitrogen and oxygen atoms in total. The summed E-state index contributed by atoms with van der Waals surface area (Å²) in [6.45, 7) is 8.54. The van der Waals surface area contributed by atoms with Gasteiger partial charge in [0, 0.05) is 12.6 Å². The first kappa shape index (κ1) is 17.7. The van der Waals surface area contributed by atoms with Gasteiger partial charge in [0.2, 0.25) is 0 Å². The fourth-order valence-corrected chi connectivity index (χ4v) is 3.93. The lowest BCUT2D eigenvalue weighted by Gasteiger charge is -2.29. The van der Waals surface area contributed by atoms with E-state index in [2.05, 4.69) is 32.7 Å². The second-order valence-electron chi connectivity index (χ2n) is 8.44. The van der Waals surface area contributed by atoms with Gasteiger partial charge in [-0.25, -0.2) is 9.50 Å². The van der Waals surface area contributed by atoms with Crippen LogP contribution in [0.1, 0.15) is 61.8 Å². The number of fused-ring (bicyclic) bond motifs is 3. The van der Waals surface area contributed by atoms with E-state index in [-0.39, 0.29) is 17.1 Å². The predicted octanol–water partition coefficient (Wildman–Crippen LogP) is 4.68. The normalized spacial score (nSPS) is 16.0. The lowest BCUT2D eigenvalue weighted by Crippen LogP contribution is -2.29. The third-order valence-electron chi connectivity index (χ3n) is 5.28. The summed E-state index contributed by atoms with van der Waals surface area (Å²) in [5.41, 5.74) is 5.52. The molecule has 3 aromatic rings. The van der Waals surface area contributed by atoms with Crippen molar-refractivity contribution in [1.82, 2.24) is 14.6 Å².